The third kappa shape index (κ3) is 6.23. The largest absolute Gasteiger partial charge is 0.479 e. The summed E-state index contributed by atoms with van der Waals surface area (Å²) in [6.07, 6.45) is 2.94. The van der Waals surface area contributed by atoms with Crippen LogP contribution in [0.1, 0.15) is 18.0 Å². The molecule has 2 amide bonds. The Morgan fingerprint density at radius 2 is 2.19 bits per heavy atom. The maximum atomic E-state index is 11.6. The molecular formula is C10H17N5O5S. The Bertz CT molecular complexity index is 611. The molecule has 0 spiro atoms. The van der Waals surface area contributed by atoms with E-state index in [0.717, 1.165) is 0 Å². The smallest absolute Gasteiger partial charge is 0.331 e. The van der Waals surface area contributed by atoms with E-state index in [1.165, 1.54) is 17.1 Å². The predicted octanol–water partition coefficient (Wildman–Crippen LogP) is -1.48. The molecule has 1 rings (SSSR count). The summed E-state index contributed by atoms with van der Waals surface area (Å²) in [5, 5.41) is 22.3. The lowest BCUT2D eigenvalue weighted by Crippen LogP contribution is -2.41. The lowest BCUT2D eigenvalue weighted by atomic mass is 10.1. The Morgan fingerprint density at radius 3 is 2.67 bits per heavy atom. The fourth-order valence-corrected chi connectivity index (χ4v) is 2.08. The summed E-state index contributed by atoms with van der Waals surface area (Å²) >= 11 is 0. The highest BCUT2D eigenvalue weighted by molar-refractivity contribution is 7.89. The van der Waals surface area contributed by atoms with E-state index in [9.17, 15) is 18.0 Å². The topological polar surface area (TPSA) is 156 Å². The quantitative estimate of drug-likeness (QED) is 0.449. The van der Waals surface area contributed by atoms with Crippen molar-refractivity contribution in [2.75, 3.05) is 12.3 Å². The maximum Gasteiger partial charge on any atom is 0.331 e. The number of hydrogen-bond acceptors (Lipinski definition) is 5. The standard InChI is InChI=1S/C10H17N5O5S/c1-15-6-7(5-13-15)8(9(16)17)14-10(18)12-3-2-4-21(11,19)20/h5-6,8H,2-4H2,1H3,(H,16,17)(H2,11,19,20)(H2,12,14,18). The highest BCUT2D eigenvalue weighted by Gasteiger charge is 2.23. The van der Waals surface area contributed by atoms with Gasteiger partial charge in [-0.2, -0.15) is 5.10 Å². The molecule has 1 aromatic rings. The van der Waals surface area contributed by atoms with Gasteiger partial charge in [-0.3, -0.25) is 4.68 Å². The van der Waals surface area contributed by atoms with Crippen molar-refractivity contribution in [1.29, 1.82) is 0 Å². The number of nitrogens with one attached hydrogen (secondary N) is 2. The number of aryl methyl sites for hydroxylation is 1. The van der Waals surface area contributed by atoms with Crippen LogP contribution in [0.5, 0.6) is 0 Å². The summed E-state index contributed by atoms with van der Waals surface area (Å²) in [7, 11) is -1.95. The molecule has 0 bridgehead atoms. The second kappa shape index (κ2) is 7.04. The average molecular weight is 319 g/mol. The van der Waals surface area contributed by atoms with Crippen LogP contribution in [0.3, 0.4) is 0 Å². The normalized spacial score (nSPS) is 12.7. The van der Waals surface area contributed by atoms with Crippen molar-refractivity contribution in [2.45, 2.75) is 12.5 Å². The van der Waals surface area contributed by atoms with Crippen LogP contribution >= 0.6 is 0 Å². The molecule has 0 saturated heterocycles. The lowest BCUT2D eigenvalue weighted by molar-refractivity contribution is -0.139. The Kier molecular flexibility index (Phi) is 5.67. The number of nitrogens with zero attached hydrogens (tertiary/aromatic N) is 2. The number of carbonyl (C=O) groups excluding carboxylic acids is 1. The minimum absolute atomic E-state index is 0.0572. The molecule has 1 aromatic heterocycles. The molecule has 118 valence electrons. The summed E-state index contributed by atoms with van der Waals surface area (Å²) in [5.41, 5.74) is 0.324. The molecule has 21 heavy (non-hydrogen) atoms. The van der Waals surface area contributed by atoms with Crippen molar-refractivity contribution in [1.82, 2.24) is 20.4 Å². The third-order valence-corrected chi connectivity index (χ3v) is 3.33. The zero-order valence-corrected chi connectivity index (χ0v) is 12.1. The Labute approximate surface area is 121 Å². The second-order valence-corrected chi connectivity index (χ2v) is 6.07. The first-order valence-electron chi connectivity index (χ1n) is 5.95. The fourth-order valence-electron chi connectivity index (χ4n) is 1.53. The van der Waals surface area contributed by atoms with Crippen molar-refractivity contribution >= 4 is 22.0 Å². The molecule has 1 unspecified atom stereocenters. The van der Waals surface area contributed by atoms with E-state index in [0.29, 0.717) is 5.56 Å². The van der Waals surface area contributed by atoms with Gasteiger partial charge in [0, 0.05) is 25.4 Å². The Morgan fingerprint density at radius 1 is 1.52 bits per heavy atom. The summed E-state index contributed by atoms with van der Waals surface area (Å²) < 4.78 is 22.8. The number of aromatic nitrogens is 2. The highest BCUT2D eigenvalue weighted by atomic mass is 32.2. The van der Waals surface area contributed by atoms with E-state index in [1.807, 2.05) is 0 Å². The van der Waals surface area contributed by atoms with Gasteiger partial charge in [-0.25, -0.2) is 23.1 Å². The summed E-state index contributed by atoms with van der Waals surface area (Å²) in [5.74, 6) is -1.50. The zero-order valence-electron chi connectivity index (χ0n) is 11.3. The van der Waals surface area contributed by atoms with Crippen molar-refractivity contribution in [3.63, 3.8) is 0 Å². The minimum atomic E-state index is -3.58. The van der Waals surface area contributed by atoms with Gasteiger partial charge >= 0.3 is 12.0 Å². The molecule has 0 radical (unpaired) electrons. The van der Waals surface area contributed by atoms with Crippen LogP contribution in [0.25, 0.3) is 0 Å². The molecule has 0 aliphatic heterocycles. The van der Waals surface area contributed by atoms with Gasteiger partial charge < -0.3 is 15.7 Å². The van der Waals surface area contributed by atoms with Gasteiger partial charge in [-0.15, -0.1) is 0 Å². The first-order chi connectivity index (χ1) is 9.69. The van der Waals surface area contributed by atoms with Crippen LogP contribution in [0, 0.1) is 0 Å². The number of nitrogens with two attached hydrogens (primary N) is 1. The SMILES string of the molecule is Cn1cc(C(NC(=O)NCCCS(N)(=O)=O)C(=O)O)cn1. The van der Waals surface area contributed by atoms with Crippen molar-refractivity contribution < 1.29 is 23.1 Å². The number of primary sulfonamides is 1. The third-order valence-electron chi connectivity index (χ3n) is 2.47. The first kappa shape index (κ1) is 16.9. The zero-order chi connectivity index (χ0) is 16.0. The number of carbonyl (C=O) groups is 2. The van der Waals surface area contributed by atoms with Gasteiger partial charge in [-0.1, -0.05) is 0 Å². The summed E-state index contributed by atoms with van der Waals surface area (Å²) in [4.78, 5) is 22.7. The molecule has 10 nitrogen and oxygen atoms in total. The molecule has 0 fully saturated rings. The molecule has 0 saturated carbocycles. The van der Waals surface area contributed by atoms with E-state index < -0.39 is 28.1 Å². The van der Waals surface area contributed by atoms with Crippen molar-refractivity contribution in [3.8, 4) is 0 Å². The Hall–Kier alpha value is -2.14. The number of aliphatic carboxylic acids is 1. The molecule has 1 heterocycles. The van der Waals surface area contributed by atoms with Gasteiger partial charge in [0.2, 0.25) is 10.0 Å². The van der Waals surface area contributed by atoms with Crippen LogP contribution in [-0.2, 0) is 21.9 Å². The number of carboxylic acid groups (broad SMARTS) is 1. The number of amides is 2. The average Bonchev–Trinajstić information content (AvgIpc) is 2.76. The van der Waals surface area contributed by atoms with Gasteiger partial charge in [0.15, 0.2) is 6.04 Å². The molecule has 1 atom stereocenters. The number of urea groups is 1. The minimum Gasteiger partial charge on any atom is -0.479 e. The van der Waals surface area contributed by atoms with E-state index >= 15 is 0 Å². The lowest BCUT2D eigenvalue weighted by Gasteiger charge is -2.13. The summed E-state index contributed by atoms with van der Waals surface area (Å²) in [6, 6.07) is -1.96. The van der Waals surface area contributed by atoms with Crippen LogP contribution in [0.4, 0.5) is 4.79 Å². The van der Waals surface area contributed by atoms with Crippen molar-refractivity contribution in [2.24, 2.45) is 12.2 Å². The number of rotatable bonds is 7. The van der Waals surface area contributed by atoms with Crippen LogP contribution < -0.4 is 15.8 Å². The van der Waals surface area contributed by atoms with Crippen LogP contribution in [0.15, 0.2) is 12.4 Å². The molecule has 0 aliphatic rings. The number of sulfonamides is 1. The molecular weight excluding hydrogens is 302 g/mol. The van der Waals surface area contributed by atoms with E-state index in [1.54, 1.807) is 7.05 Å². The predicted molar refractivity (Wildman–Crippen MR) is 72.7 cm³/mol. The maximum absolute atomic E-state index is 11.6. The Balaban J connectivity index is 2.49. The van der Waals surface area contributed by atoms with Gasteiger partial charge in [0.05, 0.1) is 11.9 Å². The van der Waals surface area contributed by atoms with E-state index in [-0.39, 0.29) is 18.7 Å². The molecule has 0 aromatic carbocycles. The van der Waals surface area contributed by atoms with Crippen LogP contribution in [-0.4, -0.2) is 47.6 Å². The number of carboxylic acids is 1. The molecule has 5 N–H and O–H groups in total. The van der Waals surface area contributed by atoms with Crippen LogP contribution in [0.2, 0.25) is 0 Å². The van der Waals surface area contributed by atoms with Gasteiger partial charge in [0.25, 0.3) is 0 Å². The van der Waals surface area contributed by atoms with Crippen molar-refractivity contribution in [3.05, 3.63) is 18.0 Å². The summed E-state index contributed by atoms with van der Waals surface area (Å²) in [6.45, 7) is 0.0572. The second-order valence-electron chi connectivity index (χ2n) is 4.34. The molecule has 11 heteroatoms. The fraction of sp³-hybridized carbons (Fsp3) is 0.500. The number of hydrogen-bond donors (Lipinski definition) is 4. The first-order valence-corrected chi connectivity index (χ1v) is 7.67. The van der Waals surface area contributed by atoms with E-state index in [4.69, 9.17) is 10.2 Å². The van der Waals surface area contributed by atoms with E-state index in [2.05, 4.69) is 15.7 Å². The highest BCUT2D eigenvalue weighted by Crippen LogP contribution is 2.11. The monoisotopic (exact) mass is 319 g/mol. The molecule has 0 aliphatic carbocycles. The van der Waals surface area contributed by atoms with Gasteiger partial charge in [0.1, 0.15) is 0 Å². The van der Waals surface area contributed by atoms with Gasteiger partial charge in [-0.05, 0) is 6.42 Å².